The van der Waals surface area contributed by atoms with Gasteiger partial charge in [0.05, 0.1) is 19.3 Å². The van der Waals surface area contributed by atoms with Gasteiger partial charge in [-0.25, -0.2) is 0 Å². The second kappa shape index (κ2) is 21.9. The molecule has 0 amide bonds. The third-order valence-electron chi connectivity index (χ3n) is 9.18. The number of hydrogen-bond donors (Lipinski definition) is 0. The Balaban J connectivity index is 1.40. The lowest BCUT2D eigenvalue weighted by atomic mass is 9.68. The first-order chi connectivity index (χ1) is 23.1. The maximum Gasteiger partial charge on any atom is 0.188 e. The van der Waals surface area contributed by atoms with Crippen LogP contribution in [0.4, 0.5) is 0 Å². The Morgan fingerprint density at radius 3 is 2.12 bits per heavy atom. The Hall–Kier alpha value is -1.20. The maximum absolute atomic E-state index is 6.21. The van der Waals surface area contributed by atoms with Gasteiger partial charge in [0.1, 0.15) is 11.5 Å². The fourth-order valence-electron chi connectivity index (χ4n) is 6.30. The number of unbranched alkanes of at least 4 members (excludes halogenated alkanes) is 6. The minimum absolute atomic E-state index is 0.0345. The standard InChI is InChI=1S/C39H64O6S2Si/c1-38(2,3)37(45-48(7)8)27-42-23-25-46-24-15-13-11-9-10-12-14-16-35-34-22-21-33(44-30-41-6)26-36(34)47-28-39(35,4)31-17-19-32(20-18-31)43-29-40-5/h17-22,26,35,37,48H,9-16,23-25,27-30H2,1-8H3. The average Bonchev–Trinajstić information content (AvgIpc) is 3.06. The van der Waals surface area contributed by atoms with Crippen molar-refractivity contribution in [3.8, 4) is 11.5 Å². The molecule has 3 atom stereocenters. The molecule has 48 heavy (non-hydrogen) atoms. The molecule has 3 unspecified atom stereocenters. The summed E-state index contributed by atoms with van der Waals surface area (Å²) >= 11 is 3.97. The highest BCUT2D eigenvalue weighted by atomic mass is 32.2. The summed E-state index contributed by atoms with van der Waals surface area (Å²) in [4.78, 5) is 1.34. The number of methoxy groups -OCH3 is 2. The first kappa shape index (κ1) is 41.2. The van der Waals surface area contributed by atoms with Gasteiger partial charge in [-0.1, -0.05) is 84.4 Å². The molecule has 0 radical (unpaired) electrons. The second-order valence-electron chi connectivity index (χ2n) is 14.6. The Labute approximate surface area is 302 Å². The van der Waals surface area contributed by atoms with E-state index in [2.05, 4.69) is 83.3 Å². The molecule has 0 N–H and O–H groups in total. The molecule has 0 aliphatic carbocycles. The first-order valence-electron chi connectivity index (χ1n) is 18.0. The van der Waals surface area contributed by atoms with Gasteiger partial charge in [-0.2, -0.15) is 11.8 Å². The highest BCUT2D eigenvalue weighted by Gasteiger charge is 2.41. The summed E-state index contributed by atoms with van der Waals surface area (Å²) < 4.78 is 33.9. The lowest BCUT2D eigenvalue weighted by molar-refractivity contribution is -0.00112. The van der Waals surface area contributed by atoms with Gasteiger partial charge in [0.25, 0.3) is 0 Å². The van der Waals surface area contributed by atoms with Crippen LogP contribution in [0.25, 0.3) is 0 Å². The average molecular weight is 721 g/mol. The fourth-order valence-corrected chi connectivity index (χ4v) is 9.69. The molecule has 1 aliphatic rings. The van der Waals surface area contributed by atoms with E-state index in [1.54, 1.807) is 14.2 Å². The van der Waals surface area contributed by atoms with Gasteiger partial charge in [0, 0.05) is 36.0 Å². The zero-order chi connectivity index (χ0) is 34.8. The summed E-state index contributed by atoms with van der Waals surface area (Å²) in [5, 5.41) is 0. The molecule has 0 fully saturated rings. The van der Waals surface area contributed by atoms with E-state index >= 15 is 0 Å². The van der Waals surface area contributed by atoms with Crippen LogP contribution in [0, 0.1) is 5.41 Å². The van der Waals surface area contributed by atoms with Gasteiger partial charge in [0.2, 0.25) is 0 Å². The Morgan fingerprint density at radius 1 is 0.854 bits per heavy atom. The molecule has 2 aromatic rings. The van der Waals surface area contributed by atoms with Crippen LogP contribution in [-0.2, 0) is 24.1 Å². The number of benzene rings is 2. The summed E-state index contributed by atoms with van der Waals surface area (Å²) in [7, 11) is 2.24. The highest BCUT2D eigenvalue weighted by molar-refractivity contribution is 7.99. The monoisotopic (exact) mass is 720 g/mol. The van der Waals surface area contributed by atoms with Gasteiger partial charge >= 0.3 is 0 Å². The van der Waals surface area contributed by atoms with E-state index in [0.29, 0.717) is 12.5 Å². The van der Waals surface area contributed by atoms with Crippen molar-refractivity contribution in [2.75, 3.05) is 58.3 Å². The van der Waals surface area contributed by atoms with Crippen LogP contribution >= 0.6 is 23.5 Å². The molecular formula is C39H64O6S2Si. The van der Waals surface area contributed by atoms with Crippen molar-refractivity contribution in [2.24, 2.45) is 5.41 Å². The van der Waals surface area contributed by atoms with E-state index < -0.39 is 9.04 Å². The highest BCUT2D eigenvalue weighted by Crippen LogP contribution is 2.52. The third kappa shape index (κ3) is 13.8. The molecule has 1 heterocycles. The Bertz CT molecular complexity index is 1160. The summed E-state index contributed by atoms with van der Waals surface area (Å²) in [6.07, 6.45) is 10.5. The SMILES string of the molecule is COCOc1ccc(C2(C)CSc3cc(OCOC)ccc3C2CCCCCCCCCSCCOCC(O[SiH](C)C)C(C)(C)C)cc1. The van der Waals surface area contributed by atoms with Crippen molar-refractivity contribution < 1.29 is 28.1 Å². The molecule has 0 spiro atoms. The normalized spacial score (nSPS) is 18.6. The van der Waals surface area contributed by atoms with Crippen LogP contribution < -0.4 is 9.47 Å². The molecular weight excluding hydrogens is 657 g/mol. The van der Waals surface area contributed by atoms with Gasteiger partial charge in [-0.15, -0.1) is 11.8 Å². The van der Waals surface area contributed by atoms with Crippen LogP contribution in [0.2, 0.25) is 13.1 Å². The van der Waals surface area contributed by atoms with Crippen molar-refractivity contribution in [1.82, 2.24) is 0 Å². The molecule has 0 aromatic heterocycles. The second-order valence-corrected chi connectivity index (χ2v) is 19.2. The van der Waals surface area contributed by atoms with E-state index in [4.69, 9.17) is 28.1 Å². The predicted molar refractivity (Wildman–Crippen MR) is 207 cm³/mol. The lowest BCUT2D eigenvalue weighted by Gasteiger charge is -2.43. The summed E-state index contributed by atoms with van der Waals surface area (Å²) in [5.74, 6) is 5.50. The van der Waals surface area contributed by atoms with E-state index in [1.807, 2.05) is 23.5 Å². The molecule has 6 nitrogen and oxygen atoms in total. The fraction of sp³-hybridized carbons (Fsp3) is 0.692. The van der Waals surface area contributed by atoms with Crippen molar-refractivity contribution in [3.63, 3.8) is 0 Å². The number of fused-ring (bicyclic) bond motifs is 1. The zero-order valence-corrected chi connectivity index (χ0v) is 33.9. The number of ether oxygens (including phenoxy) is 5. The van der Waals surface area contributed by atoms with Crippen LogP contribution in [0.1, 0.15) is 96.1 Å². The van der Waals surface area contributed by atoms with Crippen molar-refractivity contribution in [2.45, 2.75) is 114 Å². The zero-order valence-electron chi connectivity index (χ0n) is 31.1. The number of thioether (sulfide) groups is 2. The molecule has 0 saturated heterocycles. The van der Waals surface area contributed by atoms with Crippen molar-refractivity contribution >= 4 is 32.6 Å². The molecule has 272 valence electrons. The number of hydrogen-bond acceptors (Lipinski definition) is 8. The van der Waals surface area contributed by atoms with Gasteiger partial charge < -0.3 is 28.1 Å². The molecule has 9 heteroatoms. The summed E-state index contributed by atoms with van der Waals surface area (Å²) in [5.41, 5.74) is 2.98. The minimum Gasteiger partial charge on any atom is -0.468 e. The molecule has 3 rings (SSSR count). The van der Waals surface area contributed by atoms with Gasteiger partial charge in [0.15, 0.2) is 22.6 Å². The van der Waals surface area contributed by atoms with E-state index in [9.17, 15) is 0 Å². The van der Waals surface area contributed by atoms with Crippen LogP contribution in [0.3, 0.4) is 0 Å². The summed E-state index contributed by atoms with van der Waals surface area (Å²) in [6.45, 7) is 15.7. The predicted octanol–water partition coefficient (Wildman–Crippen LogP) is 10.1. The van der Waals surface area contributed by atoms with Gasteiger partial charge in [-0.05, 0) is 78.4 Å². The quantitative estimate of drug-likeness (QED) is 0.0604. The van der Waals surface area contributed by atoms with Crippen molar-refractivity contribution in [1.29, 1.82) is 0 Å². The summed E-state index contributed by atoms with van der Waals surface area (Å²) in [6, 6.07) is 15.3. The molecule has 2 aromatic carbocycles. The molecule has 1 aliphatic heterocycles. The Morgan fingerprint density at radius 2 is 1.48 bits per heavy atom. The van der Waals surface area contributed by atoms with Crippen LogP contribution in [0.15, 0.2) is 47.4 Å². The van der Waals surface area contributed by atoms with E-state index in [0.717, 1.165) is 29.6 Å². The topological polar surface area (TPSA) is 55.4 Å². The van der Waals surface area contributed by atoms with E-state index in [1.165, 1.54) is 73.1 Å². The largest absolute Gasteiger partial charge is 0.468 e. The minimum atomic E-state index is -1.06. The van der Waals surface area contributed by atoms with Gasteiger partial charge in [-0.3, -0.25) is 0 Å². The molecule has 0 saturated carbocycles. The van der Waals surface area contributed by atoms with E-state index in [-0.39, 0.29) is 30.5 Å². The smallest absolute Gasteiger partial charge is 0.188 e. The van der Waals surface area contributed by atoms with Crippen LogP contribution in [-0.4, -0.2) is 73.4 Å². The maximum atomic E-state index is 6.21. The number of rotatable bonds is 24. The van der Waals surface area contributed by atoms with Crippen LogP contribution in [0.5, 0.6) is 11.5 Å². The van der Waals surface area contributed by atoms with Crippen molar-refractivity contribution in [3.05, 3.63) is 53.6 Å². The molecule has 0 bridgehead atoms. The third-order valence-corrected chi connectivity index (χ3v) is 12.5. The Kier molecular flexibility index (Phi) is 18.8. The first-order valence-corrected chi connectivity index (χ1v) is 22.9. The lowest BCUT2D eigenvalue weighted by Crippen LogP contribution is -2.37.